The van der Waals surface area contributed by atoms with Gasteiger partial charge in [-0.2, -0.15) is 5.10 Å². The SMILES string of the molecule is Cc1[nH]nc(CN(C)C(=O)c2ccc(C[C@@H]3CC[C@H]([C@H](O)c4ccc(Cl)nc4)N3)cc2)c1Cl. The average molecular weight is 488 g/mol. The second-order valence-corrected chi connectivity index (χ2v) is 9.34. The number of aromatic amines is 1. The molecule has 4 rings (SSSR count). The molecule has 1 saturated heterocycles. The largest absolute Gasteiger partial charge is 0.387 e. The first kappa shape index (κ1) is 23.7. The predicted molar refractivity (Wildman–Crippen MR) is 128 cm³/mol. The van der Waals surface area contributed by atoms with Crippen LogP contribution in [0.4, 0.5) is 0 Å². The summed E-state index contributed by atoms with van der Waals surface area (Å²) >= 11 is 12.1. The number of aryl methyl sites for hydroxylation is 1. The second kappa shape index (κ2) is 10.2. The number of pyridine rings is 1. The van der Waals surface area contributed by atoms with E-state index in [1.807, 2.05) is 37.3 Å². The first-order chi connectivity index (χ1) is 15.8. The molecule has 3 aromatic rings. The lowest BCUT2D eigenvalue weighted by atomic mass is 10.0. The number of carbonyl (C=O) groups is 1. The van der Waals surface area contributed by atoms with Gasteiger partial charge in [-0.1, -0.05) is 41.4 Å². The van der Waals surface area contributed by atoms with E-state index in [0.29, 0.717) is 28.0 Å². The summed E-state index contributed by atoms with van der Waals surface area (Å²) in [6, 6.07) is 11.4. The molecule has 7 nitrogen and oxygen atoms in total. The standard InChI is InChI=1S/C24H27Cl2N5O2/c1-14-22(26)20(30-29-14)13-31(2)24(33)16-5-3-15(4-6-16)11-18-8-9-19(28-18)23(32)17-7-10-21(25)27-12-17/h3-7,10,12,18-19,23,28,32H,8-9,11,13H2,1-2H3,(H,29,30)/t18-,19+,23+/m0/s1. The van der Waals surface area contributed by atoms with E-state index < -0.39 is 6.10 Å². The zero-order valence-electron chi connectivity index (χ0n) is 18.6. The Morgan fingerprint density at radius 3 is 2.61 bits per heavy atom. The number of aromatic nitrogens is 3. The van der Waals surface area contributed by atoms with Gasteiger partial charge in [0.1, 0.15) is 10.8 Å². The molecule has 1 aliphatic rings. The van der Waals surface area contributed by atoms with Crippen molar-refractivity contribution in [1.82, 2.24) is 25.4 Å². The van der Waals surface area contributed by atoms with Crippen molar-refractivity contribution in [3.63, 3.8) is 0 Å². The molecule has 3 N–H and O–H groups in total. The number of H-pyrrole nitrogens is 1. The van der Waals surface area contributed by atoms with Gasteiger partial charge in [0.25, 0.3) is 5.91 Å². The number of hydrogen-bond donors (Lipinski definition) is 3. The normalized spacial score (nSPS) is 18.9. The van der Waals surface area contributed by atoms with Crippen LogP contribution < -0.4 is 5.32 Å². The first-order valence-electron chi connectivity index (χ1n) is 10.9. The molecule has 1 aromatic carbocycles. The summed E-state index contributed by atoms with van der Waals surface area (Å²) in [6.45, 7) is 2.18. The van der Waals surface area contributed by atoms with Gasteiger partial charge in [0, 0.05) is 36.5 Å². The number of nitrogens with zero attached hydrogens (tertiary/aromatic N) is 3. The maximum absolute atomic E-state index is 12.8. The van der Waals surface area contributed by atoms with Crippen LogP contribution in [0.2, 0.25) is 10.2 Å². The summed E-state index contributed by atoms with van der Waals surface area (Å²) in [5.74, 6) is -0.0861. The predicted octanol–water partition coefficient (Wildman–Crippen LogP) is 4.09. The van der Waals surface area contributed by atoms with E-state index in [9.17, 15) is 9.90 Å². The molecular weight excluding hydrogens is 461 g/mol. The van der Waals surface area contributed by atoms with Crippen molar-refractivity contribution in [3.05, 3.63) is 80.8 Å². The van der Waals surface area contributed by atoms with Crippen molar-refractivity contribution >= 4 is 29.1 Å². The monoisotopic (exact) mass is 487 g/mol. The number of hydrogen-bond acceptors (Lipinski definition) is 5. The third-order valence-corrected chi connectivity index (χ3v) is 6.83. The van der Waals surface area contributed by atoms with Gasteiger partial charge < -0.3 is 15.3 Å². The van der Waals surface area contributed by atoms with Crippen LogP contribution in [0, 0.1) is 6.92 Å². The van der Waals surface area contributed by atoms with Gasteiger partial charge >= 0.3 is 0 Å². The van der Waals surface area contributed by atoms with Crippen molar-refractivity contribution in [1.29, 1.82) is 0 Å². The van der Waals surface area contributed by atoms with E-state index in [4.69, 9.17) is 23.2 Å². The lowest BCUT2D eigenvalue weighted by Gasteiger charge is -2.20. The van der Waals surface area contributed by atoms with Crippen LogP contribution in [0.15, 0.2) is 42.6 Å². The summed E-state index contributed by atoms with van der Waals surface area (Å²) in [4.78, 5) is 18.4. The first-order valence-corrected chi connectivity index (χ1v) is 11.7. The molecule has 3 atom stereocenters. The van der Waals surface area contributed by atoms with Gasteiger partial charge in [-0.25, -0.2) is 4.98 Å². The summed E-state index contributed by atoms with van der Waals surface area (Å²) < 4.78 is 0. The number of aliphatic hydroxyl groups is 1. The molecule has 0 saturated carbocycles. The summed E-state index contributed by atoms with van der Waals surface area (Å²) in [6.07, 6.45) is 3.67. The number of nitrogens with one attached hydrogen (secondary N) is 2. The van der Waals surface area contributed by atoms with E-state index in [0.717, 1.165) is 36.1 Å². The molecule has 174 valence electrons. The quantitative estimate of drug-likeness (QED) is 0.436. The van der Waals surface area contributed by atoms with Crippen molar-refractivity contribution in [2.45, 2.75) is 50.9 Å². The Bertz CT molecular complexity index is 1100. The van der Waals surface area contributed by atoms with Crippen molar-refractivity contribution < 1.29 is 9.90 Å². The number of amides is 1. The van der Waals surface area contributed by atoms with Gasteiger partial charge in [-0.3, -0.25) is 9.89 Å². The number of carbonyl (C=O) groups excluding carboxylic acids is 1. The lowest BCUT2D eigenvalue weighted by molar-refractivity contribution is 0.0783. The Morgan fingerprint density at radius 1 is 1.21 bits per heavy atom. The smallest absolute Gasteiger partial charge is 0.253 e. The van der Waals surface area contributed by atoms with Gasteiger partial charge in [-0.05, 0) is 49.9 Å². The third-order valence-electron chi connectivity index (χ3n) is 6.11. The molecule has 2 aromatic heterocycles. The molecule has 0 radical (unpaired) electrons. The summed E-state index contributed by atoms with van der Waals surface area (Å²) in [5.41, 5.74) is 3.96. The fraction of sp³-hybridized carbons (Fsp3) is 0.375. The summed E-state index contributed by atoms with van der Waals surface area (Å²) in [5, 5.41) is 22.2. The van der Waals surface area contributed by atoms with Gasteiger partial charge in [0.05, 0.1) is 23.4 Å². The number of halogens is 2. The van der Waals surface area contributed by atoms with Crippen LogP contribution in [-0.2, 0) is 13.0 Å². The fourth-order valence-electron chi connectivity index (χ4n) is 4.21. The molecule has 0 aliphatic carbocycles. The highest BCUT2D eigenvalue weighted by molar-refractivity contribution is 6.31. The highest BCUT2D eigenvalue weighted by Crippen LogP contribution is 2.27. The Kier molecular flexibility index (Phi) is 7.34. The zero-order valence-corrected chi connectivity index (χ0v) is 20.1. The minimum Gasteiger partial charge on any atom is -0.387 e. The van der Waals surface area contributed by atoms with Gasteiger partial charge in [-0.15, -0.1) is 0 Å². The molecule has 0 bridgehead atoms. The Balaban J connectivity index is 1.31. The average Bonchev–Trinajstić information content (AvgIpc) is 3.41. The second-order valence-electron chi connectivity index (χ2n) is 8.58. The molecule has 1 fully saturated rings. The van der Waals surface area contributed by atoms with Crippen LogP contribution in [0.3, 0.4) is 0 Å². The molecule has 0 unspecified atom stereocenters. The molecule has 0 spiro atoms. The number of rotatable bonds is 7. The molecule has 1 amide bonds. The van der Waals surface area contributed by atoms with Gasteiger partial charge in [0.2, 0.25) is 0 Å². The summed E-state index contributed by atoms with van der Waals surface area (Å²) in [7, 11) is 1.74. The third kappa shape index (κ3) is 5.55. The maximum atomic E-state index is 12.8. The van der Waals surface area contributed by atoms with Crippen LogP contribution in [0.1, 0.15) is 51.8 Å². The van der Waals surface area contributed by atoms with E-state index in [1.54, 1.807) is 24.2 Å². The maximum Gasteiger partial charge on any atom is 0.253 e. The topological polar surface area (TPSA) is 94.1 Å². The van der Waals surface area contributed by atoms with E-state index in [1.165, 1.54) is 0 Å². The molecule has 9 heteroatoms. The zero-order chi connectivity index (χ0) is 23.5. The Morgan fingerprint density at radius 2 is 1.97 bits per heavy atom. The van der Waals surface area contributed by atoms with Crippen LogP contribution in [0.5, 0.6) is 0 Å². The molecule has 33 heavy (non-hydrogen) atoms. The van der Waals surface area contributed by atoms with Crippen molar-refractivity contribution in [2.75, 3.05) is 7.05 Å². The van der Waals surface area contributed by atoms with Crippen LogP contribution >= 0.6 is 23.2 Å². The van der Waals surface area contributed by atoms with E-state index in [-0.39, 0.29) is 18.0 Å². The van der Waals surface area contributed by atoms with Crippen LogP contribution in [0.25, 0.3) is 0 Å². The molecule has 3 heterocycles. The highest BCUT2D eigenvalue weighted by atomic mass is 35.5. The van der Waals surface area contributed by atoms with E-state index in [2.05, 4.69) is 20.5 Å². The number of benzene rings is 1. The minimum absolute atomic E-state index is 0.0232. The highest BCUT2D eigenvalue weighted by Gasteiger charge is 2.30. The molecular formula is C24H27Cl2N5O2. The fourth-order valence-corrected chi connectivity index (χ4v) is 4.47. The lowest BCUT2D eigenvalue weighted by Crippen LogP contribution is -2.35. The molecule has 1 aliphatic heterocycles. The van der Waals surface area contributed by atoms with Crippen molar-refractivity contribution in [2.24, 2.45) is 0 Å². The van der Waals surface area contributed by atoms with Crippen LogP contribution in [-0.4, -0.2) is 50.2 Å². The van der Waals surface area contributed by atoms with Gasteiger partial charge in [0.15, 0.2) is 0 Å². The number of aliphatic hydroxyl groups excluding tert-OH is 1. The Hall–Kier alpha value is -2.45. The minimum atomic E-state index is -0.623. The van der Waals surface area contributed by atoms with E-state index >= 15 is 0 Å². The Labute approximate surface area is 203 Å². The van der Waals surface area contributed by atoms with Crippen molar-refractivity contribution in [3.8, 4) is 0 Å².